The van der Waals surface area contributed by atoms with Crippen LogP contribution in [0.5, 0.6) is 0 Å². The number of pyridine rings is 1. The lowest BCUT2D eigenvalue weighted by Gasteiger charge is -2.02. The Morgan fingerprint density at radius 1 is 1.15 bits per heavy atom. The Bertz CT molecular complexity index is 634. The van der Waals surface area contributed by atoms with Crippen molar-refractivity contribution in [3.63, 3.8) is 0 Å². The van der Waals surface area contributed by atoms with Crippen LogP contribution < -0.4 is 5.43 Å². The molecule has 1 aromatic carbocycles. The molecule has 0 amide bonds. The standard InChI is InChI=1S/C15H13N3O2/c1-11-2-4-13(5-3-11)17-18-14(10-19)15(20)12-6-8-16-9-7-12/h2-10,17H,1H3. The maximum Gasteiger partial charge on any atom is 0.216 e. The summed E-state index contributed by atoms with van der Waals surface area (Å²) in [5.41, 5.74) is 4.70. The molecule has 2 aromatic rings. The molecule has 100 valence electrons. The molecule has 0 atom stereocenters. The van der Waals surface area contributed by atoms with Crippen molar-refractivity contribution >= 4 is 23.5 Å². The number of benzene rings is 1. The number of nitrogens with zero attached hydrogens (tertiary/aromatic N) is 2. The second-order valence-electron chi connectivity index (χ2n) is 4.16. The van der Waals surface area contributed by atoms with Crippen molar-refractivity contribution in [2.75, 3.05) is 5.43 Å². The van der Waals surface area contributed by atoms with E-state index in [1.165, 1.54) is 24.5 Å². The van der Waals surface area contributed by atoms with Gasteiger partial charge in [0.2, 0.25) is 5.78 Å². The summed E-state index contributed by atoms with van der Waals surface area (Å²) < 4.78 is 0. The molecule has 0 saturated heterocycles. The van der Waals surface area contributed by atoms with Crippen molar-refractivity contribution in [1.29, 1.82) is 0 Å². The Balaban J connectivity index is 2.15. The van der Waals surface area contributed by atoms with Crippen LogP contribution in [0, 0.1) is 6.92 Å². The minimum absolute atomic E-state index is 0.184. The molecule has 0 radical (unpaired) electrons. The van der Waals surface area contributed by atoms with E-state index in [-0.39, 0.29) is 5.71 Å². The lowest BCUT2D eigenvalue weighted by atomic mass is 10.1. The van der Waals surface area contributed by atoms with Crippen molar-refractivity contribution in [3.8, 4) is 0 Å². The summed E-state index contributed by atoms with van der Waals surface area (Å²) in [4.78, 5) is 26.8. The van der Waals surface area contributed by atoms with E-state index in [0.717, 1.165) is 5.56 Å². The van der Waals surface area contributed by atoms with Crippen LogP contribution in [-0.4, -0.2) is 22.8 Å². The zero-order valence-corrected chi connectivity index (χ0v) is 10.9. The molecule has 0 aliphatic carbocycles. The molecule has 1 N–H and O–H groups in total. The van der Waals surface area contributed by atoms with Crippen LogP contribution in [0.3, 0.4) is 0 Å². The number of hydrogen-bond acceptors (Lipinski definition) is 5. The van der Waals surface area contributed by atoms with Gasteiger partial charge in [0, 0.05) is 18.0 Å². The van der Waals surface area contributed by atoms with Crippen molar-refractivity contribution < 1.29 is 9.59 Å². The summed E-state index contributed by atoms with van der Waals surface area (Å²) in [6, 6.07) is 10.5. The number of aldehydes is 1. The van der Waals surface area contributed by atoms with E-state index >= 15 is 0 Å². The van der Waals surface area contributed by atoms with Crippen LogP contribution >= 0.6 is 0 Å². The summed E-state index contributed by atoms with van der Waals surface area (Å²) in [6.07, 6.45) is 3.41. The Morgan fingerprint density at radius 2 is 1.80 bits per heavy atom. The number of rotatable bonds is 5. The maximum absolute atomic E-state index is 12.0. The third-order valence-electron chi connectivity index (χ3n) is 2.64. The first kappa shape index (κ1) is 13.6. The van der Waals surface area contributed by atoms with Gasteiger partial charge in [0.25, 0.3) is 0 Å². The molecule has 1 heterocycles. The number of aryl methyl sites for hydroxylation is 1. The van der Waals surface area contributed by atoms with Crippen molar-refractivity contribution in [3.05, 3.63) is 59.9 Å². The average molecular weight is 267 g/mol. The van der Waals surface area contributed by atoms with E-state index in [1.54, 1.807) is 0 Å². The molecule has 5 heteroatoms. The predicted octanol–water partition coefficient (Wildman–Crippen LogP) is 2.24. The number of nitrogens with one attached hydrogen (secondary N) is 1. The molecule has 0 fully saturated rings. The van der Waals surface area contributed by atoms with Gasteiger partial charge in [-0.05, 0) is 31.2 Å². The highest BCUT2D eigenvalue weighted by Gasteiger charge is 2.13. The van der Waals surface area contributed by atoms with Gasteiger partial charge in [-0.2, -0.15) is 5.10 Å². The first-order valence-corrected chi connectivity index (χ1v) is 6.01. The fourth-order valence-electron chi connectivity index (χ4n) is 1.53. The van der Waals surface area contributed by atoms with Crippen LogP contribution in [0.4, 0.5) is 5.69 Å². The van der Waals surface area contributed by atoms with Crippen molar-refractivity contribution in [2.45, 2.75) is 6.92 Å². The summed E-state index contributed by atoms with van der Waals surface area (Å²) in [6.45, 7) is 1.97. The largest absolute Gasteiger partial charge is 0.296 e. The average Bonchev–Trinajstić information content (AvgIpc) is 2.50. The normalized spacial score (nSPS) is 10.9. The van der Waals surface area contributed by atoms with Gasteiger partial charge in [-0.1, -0.05) is 17.7 Å². The fraction of sp³-hybridized carbons (Fsp3) is 0.0667. The van der Waals surface area contributed by atoms with Crippen molar-refractivity contribution in [2.24, 2.45) is 5.10 Å². The van der Waals surface area contributed by atoms with Gasteiger partial charge in [-0.25, -0.2) is 0 Å². The minimum atomic E-state index is -0.443. The number of ketones is 1. The zero-order chi connectivity index (χ0) is 14.4. The minimum Gasteiger partial charge on any atom is -0.296 e. The lowest BCUT2D eigenvalue weighted by molar-refractivity contribution is -0.102. The maximum atomic E-state index is 12.0. The van der Waals surface area contributed by atoms with E-state index < -0.39 is 5.78 Å². The Hall–Kier alpha value is -2.82. The summed E-state index contributed by atoms with van der Waals surface area (Å²) >= 11 is 0. The van der Waals surface area contributed by atoms with Gasteiger partial charge in [0.15, 0.2) is 12.0 Å². The van der Waals surface area contributed by atoms with Crippen LogP contribution in [0.1, 0.15) is 15.9 Å². The molecule has 5 nitrogen and oxygen atoms in total. The molecule has 0 spiro atoms. The van der Waals surface area contributed by atoms with E-state index in [9.17, 15) is 9.59 Å². The van der Waals surface area contributed by atoms with E-state index in [2.05, 4.69) is 15.5 Å². The monoisotopic (exact) mass is 267 g/mol. The van der Waals surface area contributed by atoms with Gasteiger partial charge >= 0.3 is 0 Å². The molecule has 0 aliphatic heterocycles. The van der Waals surface area contributed by atoms with E-state index in [0.29, 0.717) is 17.5 Å². The van der Waals surface area contributed by atoms with Crippen LogP contribution in [0.15, 0.2) is 53.9 Å². The van der Waals surface area contributed by atoms with Gasteiger partial charge in [-0.15, -0.1) is 0 Å². The number of Topliss-reactive ketones (excluding diaryl/α,β-unsaturated/α-hetero) is 1. The molecule has 0 unspecified atom stereocenters. The molecule has 20 heavy (non-hydrogen) atoms. The van der Waals surface area contributed by atoms with Gasteiger partial charge in [-0.3, -0.25) is 20.0 Å². The Kier molecular flexibility index (Phi) is 4.34. The second-order valence-corrected chi connectivity index (χ2v) is 4.16. The number of carbonyl (C=O) groups is 2. The van der Waals surface area contributed by atoms with Crippen LogP contribution in [0.2, 0.25) is 0 Å². The molecule has 0 aliphatic rings. The lowest BCUT2D eigenvalue weighted by Crippen LogP contribution is -2.17. The zero-order valence-electron chi connectivity index (χ0n) is 10.9. The Morgan fingerprint density at radius 3 is 2.40 bits per heavy atom. The quantitative estimate of drug-likeness (QED) is 0.296. The highest BCUT2D eigenvalue weighted by molar-refractivity contribution is 6.63. The molecule has 0 saturated carbocycles. The van der Waals surface area contributed by atoms with Crippen molar-refractivity contribution in [1.82, 2.24) is 4.98 Å². The molecular formula is C15H13N3O2. The fourth-order valence-corrected chi connectivity index (χ4v) is 1.53. The van der Waals surface area contributed by atoms with Gasteiger partial charge in [0.1, 0.15) is 0 Å². The summed E-state index contributed by atoms with van der Waals surface area (Å²) in [5, 5.41) is 3.85. The summed E-state index contributed by atoms with van der Waals surface area (Å²) in [5.74, 6) is -0.443. The number of aromatic nitrogens is 1. The molecule has 0 bridgehead atoms. The third-order valence-corrected chi connectivity index (χ3v) is 2.64. The highest BCUT2D eigenvalue weighted by Crippen LogP contribution is 2.08. The second kappa shape index (κ2) is 6.38. The number of carbonyl (C=O) groups excluding carboxylic acids is 2. The Labute approximate surface area is 116 Å². The topological polar surface area (TPSA) is 71.4 Å². The van der Waals surface area contributed by atoms with Crippen LogP contribution in [-0.2, 0) is 4.79 Å². The van der Waals surface area contributed by atoms with Gasteiger partial charge in [0.05, 0.1) is 5.69 Å². The first-order chi connectivity index (χ1) is 9.70. The van der Waals surface area contributed by atoms with Crippen LogP contribution in [0.25, 0.3) is 0 Å². The van der Waals surface area contributed by atoms with E-state index in [4.69, 9.17) is 0 Å². The molecular weight excluding hydrogens is 254 g/mol. The SMILES string of the molecule is Cc1ccc(NN=C(C=O)C(=O)c2ccncc2)cc1. The molecule has 1 aromatic heterocycles. The highest BCUT2D eigenvalue weighted by atomic mass is 16.1. The summed E-state index contributed by atoms with van der Waals surface area (Å²) in [7, 11) is 0. The van der Waals surface area contributed by atoms with E-state index in [1.807, 2.05) is 31.2 Å². The first-order valence-electron chi connectivity index (χ1n) is 6.01. The number of hydrogen-bond donors (Lipinski definition) is 1. The number of anilines is 1. The van der Waals surface area contributed by atoms with Gasteiger partial charge < -0.3 is 0 Å². The third kappa shape index (κ3) is 3.35. The number of hydrazone groups is 1. The predicted molar refractivity (Wildman–Crippen MR) is 76.9 cm³/mol. The smallest absolute Gasteiger partial charge is 0.216 e. The molecule has 2 rings (SSSR count).